The van der Waals surface area contributed by atoms with Gasteiger partial charge in [0.2, 0.25) is 0 Å². The van der Waals surface area contributed by atoms with Crippen molar-refractivity contribution < 1.29 is 10.2 Å². The van der Waals surface area contributed by atoms with E-state index < -0.39 is 12.2 Å². The predicted molar refractivity (Wildman–Crippen MR) is 61.6 cm³/mol. The van der Waals surface area contributed by atoms with Crippen molar-refractivity contribution in [2.75, 3.05) is 18.0 Å². The zero-order valence-electron chi connectivity index (χ0n) is 9.06. The first-order valence-corrected chi connectivity index (χ1v) is 5.43. The minimum atomic E-state index is -0.714. The van der Waals surface area contributed by atoms with Crippen LogP contribution in [0.4, 0.5) is 5.82 Å². The maximum atomic E-state index is 9.50. The number of rotatable bonds is 1. The number of hydrogen-bond acceptors (Lipinski definition) is 6. The fourth-order valence-electron chi connectivity index (χ4n) is 1.98. The third-order valence-electron chi connectivity index (χ3n) is 2.90. The van der Waals surface area contributed by atoms with E-state index in [1.165, 1.54) is 0 Å². The first-order valence-electron chi connectivity index (χ1n) is 5.43. The van der Waals surface area contributed by atoms with Gasteiger partial charge in [-0.3, -0.25) is 4.98 Å². The molecule has 2 atom stereocenters. The molecule has 6 nitrogen and oxygen atoms in total. The first kappa shape index (κ1) is 10.4. The van der Waals surface area contributed by atoms with E-state index in [4.69, 9.17) is 0 Å². The Morgan fingerprint density at radius 3 is 2.53 bits per heavy atom. The smallest absolute Gasteiger partial charge is 0.180 e. The molecule has 2 aromatic rings. The summed E-state index contributed by atoms with van der Waals surface area (Å²) < 4.78 is 0. The van der Waals surface area contributed by atoms with Crippen LogP contribution in [0.3, 0.4) is 0 Å². The highest BCUT2D eigenvalue weighted by Gasteiger charge is 2.30. The Hall–Kier alpha value is -1.79. The molecule has 0 amide bonds. The molecule has 3 rings (SSSR count). The van der Waals surface area contributed by atoms with Gasteiger partial charge < -0.3 is 15.1 Å². The minimum absolute atomic E-state index is 0.389. The van der Waals surface area contributed by atoms with E-state index in [1.807, 2.05) is 17.0 Å². The lowest BCUT2D eigenvalue weighted by atomic mass is 10.3. The van der Waals surface area contributed by atoms with Gasteiger partial charge in [0.05, 0.1) is 12.2 Å². The second kappa shape index (κ2) is 3.90. The minimum Gasteiger partial charge on any atom is -0.389 e. The molecule has 2 N–H and O–H groups in total. The van der Waals surface area contributed by atoms with Crippen LogP contribution in [0.15, 0.2) is 24.5 Å². The fraction of sp³-hybridized carbons (Fsp3) is 0.364. The summed E-state index contributed by atoms with van der Waals surface area (Å²) in [6, 6.07) is 3.66. The quantitative estimate of drug-likeness (QED) is 0.694. The molecule has 2 aromatic heterocycles. The monoisotopic (exact) mass is 232 g/mol. The normalized spacial score (nSPS) is 24.5. The van der Waals surface area contributed by atoms with Crippen LogP contribution in [0.2, 0.25) is 0 Å². The second-order valence-corrected chi connectivity index (χ2v) is 4.11. The van der Waals surface area contributed by atoms with Gasteiger partial charge in [-0.1, -0.05) is 0 Å². The molecule has 0 aliphatic carbocycles. The summed E-state index contributed by atoms with van der Waals surface area (Å²) in [6.45, 7) is 0.778. The van der Waals surface area contributed by atoms with Gasteiger partial charge in [0.15, 0.2) is 5.65 Å². The molecular formula is C11H12N4O2. The molecule has 0 radical (unpaired) electrons. The SMILES string of the molecule is OC1CN(c2ccc3nccnc3n2)CC1O. The highest BCUT2D eigenvalue weighted by atomic mass is 16.3. The molecule has 1 aliphatic rings. The first-order chi connectivity index (χ1) is 8.24. The number of nitrogens with zero attached hydrogens (tertiary/aromatic N) is 4. The molecule has 1 aliphatic heterocycles. The fourth-order valence-corrected chi connectivity index (χ4v) is 1.98. The number of β-amino-alcohol motifs (C(OH)–C–C–N with tert-alkyl or cyclic N) is 2. The van der Waals surface area contributed by atoms with Gasteiger partial charge in [0.25, 0.3) is 0 Å². The molecule has 0 aromatic carbocycles. The second-order valence-electron chi connectivity index (χ2n) is 4.11. The Kier molecular flexibility index (Phi) is 2.38. The van der Waals surface area contributed by atoms with Gasteiger partial charge in [-0.2, -0.15) is 0 Å². The molecule has 2 unspecified atom stereocenters. The number of anilines is 1. The molecule has 1 saturated heterocycles. The van der Waals surface area contributed by atoms with Crippen LogP contribution < -0.4 is 4.90 Å². The van der Waals surface area contributed by atoms with Crippen LogP contribution in [-0.2, 0) is 0 Å². The van der Waals surface area contributed by atoms with Crippen LogP contribution in [0.5, 0.6) is 0 Å². The molecule has 1 fully saturated rings. The summed E-state index contributed by atoms with van der Waals surface area (Å²) in [5, 5.41) is 19.0. The molecule has 17 heavy (non-hydrogen) atoms. The Morgan fingerprint density at radius 2 is 1.76 bits per heavy atom. The molecule has 88 valence electrons. The highest BCUT2D eigenvalue weighted by molar-refractivity contribution is 5.71. The van der Waals surface area contributed by atoms with Crippen molar-refractivity contribution in [3.63, 3.8) is 0 Å². The van der Waals surface area contributed by atoms with Crippen molar-refractivity contribution >= 4 is 17.0 Å². The lowest BCUT2D eigenvalue weighted by Crippen LogP contribution is -2.22. The summed E-state index contributed by atoms with van der Waals surface area (Å²) in [7, 11) is 0. The van der Waals surface area contributed by atoms with Crippen LogP contribution in [0.25, 0.3) is 11.2 Å². The average Bonchev–Trinajstić information content (AvgIpc) is 2.69. The van der Waals surface area contributed by atoms with Crippen molar-refractivity contribution in [3.8, 4) is 0 Å². The lowest BCUT2D eigenvalue weighted by molar-refractivity contribution is 0.0572. The summed E-state index contributed by atoms with van der Waals surface area (Å²) >= 11 is 0. The maximum Gasteiger partial charge on any atom is 0.180 e. The molecular weight excluding hydrogens is 220 g/mol. The molecule has 6 heteroatoms. The number of pyridine rings is 1. The van der Waals surface area contributed by atoms with E-state index in [0.29, 0.717) is 24.6 Å². The summed E-state index contributed by atoms with van der Waals surface area (Å²) in [4.78, 5) is 14.5. The standard InChI is InChI=1S/C11H12N4O2/c16-8-5-15(6-9(8)17)10-2-1-7-11(14-10)13-4-3-12-7/h1-4,8-9,16-17H,5-6H2. The zero-order chi connectivity index (χ0) is 11.8. The van der Waals surface area contributed by atoms with Gasteiger partial charge in [-0.15, -0.1) is 0 Å². The van der Waals surface area contributed by atoms with Crippen molar-refractivity contribution in [1.29, 1.82) is 0 Å². The number of hydrogen-bond donors (Lipinski definition) is 2. The average molecular weight is 232 g/mol. The third kappa shape index (κ3) is 1.81. The van der Waals surface area contributed by atoms with Crippen molar-refractivity contribution in [2.24, 2.45) is 0 Å². The highest BCUT2D eigenvalue weighted by Crippen LogP contribution is 2.20. The largest absolute Gasteiger partial charge is 0.389 e. The Balaban J connectivity index is 1.96. The van der Waals surface area contributed by atoms with Gasteiger partial charge in [0.1, 0.15) is 11.3 Å². The van der Waals surface area contributed by atoms with Crippen LogP contribution in [0, 0.1) is 0 Å². The van der Waals surface area contributed by atoms with Crippen molar-refractivity contribution in [1.82, 2.24) is 15.0 Å². The lowest BCUT2D eigenvalue weighted by Gasteiger charge is -2.16. The van der Waals surface area contributed by atoms with Crippen LogP contribution in [-0.4, -0.2) is 50.5 Å². The van der Waals surface area contributed by atoms with Crippen LogP contribution in [0.1, 0.15) is 0 Å². The van der Waals surface area contributed by atoms with Gasteiger partial charge in [-0.25, -0.2) is 9.97 Å². The maximum absolute atomic E-state index is 9.50. The third-order valence-corrected chi connectivity index (χ3v) is 2.90. The van der Waals surface area contributed by atoms with Gasteiger partial charge in [-0.05, 0) is 12.1 Å². The predicted octanol–water partition coefficient (Wildman–Crippen LogP) is -0.433. The number of aliphatic hydroxyl groups excluding tert-OH is 2. The zero-order valence-corrected chi connectivity index (χ0v) is 9.06. The van der Waals surface area contributed by atoms with Crippen LogP contribution >= 0.6 is 0 Å². The summed E-state index contributed by atoms with van der Waals surface area (Å²) in [6.07, 6.45) is 1.78. The van der Waals surface area contributed by atoms with E-state index in [9.17, 15) is 10.2 Å². The number of fused-ring (bicyclic) bond motifs is 1. The van der Waals surface area contributed by atoms with Crippen molar-refractivity contribution in [3.05, 3.63) is 24.5 Å². The Bertz CT molecular complexity index is 538. The Labute approximate surface area is 97.6 Å². The number of aliphatic hydroxyl groups is 2. The van der Waals surface area contributed by atoms with Gasteiger partial charge in [0, 0.05) is 25.5 Å². The molecule has 0 spiro atoms. The molecule has 0 saturated carbocycles. The Morgan fingerprint density at radius 1 is 1.06 bits per heavy atom. The van der Waals surface area contributed by atoms with E-state index in [2.05, 4.69) is 15.0 Å². The van der Waals surface area contributed by atoms with E-state index in [0.717, 1.165) is 5.52 Å². The van der Waals surface area contributed by atoms with E-state index in [1.54, 1.807) is 12.4 Å². The van der Waals surface area contributed by atoms with E-state index >= 15 is 0 Å². The van der Waals surface area contributed by atoms with Gasteiger partial charge >= 0.3 is 0 Å². The van der Waals surface area contributed by atoms with Crippen molar-refractivity contribution in [2.45, 2.75) is 12.2 Å². The number of aromatic nitrogens is 3. The molecule has 3 heterocycles. The van der Waals surface area contributed by atoms with E-state index in [-0.39, 0.29) is 0 Å². The molecule has 0 bridgehead atoms. The summed E-state index contributed by atoms with van der Waals surface area (Å²) in [5.41, 5.74) is 1.30. The topological polar surface area (TPSA) is 82.4 Å². The summed E-state index contributed by atoms with van der Waals surface area (Å²) in [5.74, 6) is 0.702.